The van der Waals surface area contributed by atoms with E-state index in [0.717, 1.165) is 22.4 Å². The molecule has 0 aliphatic heterocycles. The largest absolute Gasteiger partial charge is 0.319 e. The molecule has 31 heavy (non-hydrogen) atoms. The number of nitrogens with zero attached hydrogens (tertiary/aromatic N) is 3. The fourth-order valence-electron chi connectivity index (χ4n) is 3.09. The van der Waals surface area contributed by atoms with E-state index in [1.54, 1.807) is 28.9 Å². The van der Waals surface area contributed by atoms with Crippen molar-refractivity contribution in [2.75, 3.05) is 5.32 Å². The quantitative estimate of drug-likeness (QED) is 0.434. The van der Waals surface area contributed by atoms with Crippen LogP contribution in [0.5, 0.6) is 0 Å². The van der Waals surface area contributed by atoms with Gasteiger partial charge in [0.2, 0.25) is 5.82 Å². The monoisotopic (exact) mass is 434 g/mol. The molecule has 0 fully saturated rings. The fourth-order valence-corrected chi connectivity index (χ4v) is 3.27. The van der Waals surface area contributed by atoms with E-state index in [-0.39, 0.29) is 11.6 Å². The molecule has 4 rings (SSSR count). The number of anilines is 1. The molecule has 0 saturated heterocycles. The Morgan fingerprint density at radius 2 is 1.65 bits per heavy atom. The Labute approximate surface area is 184 Å². The first-order valence-electron chi connectivity index (χ1n) is 9.70. The van der Waals surface area contributed by atoms with Gasteiger partial charge in [-0.05, 0) is 86.0 Å². The number of rotatable bonds is 4. The van der Waals surface area contributed by atoms with Crippen LogP contribution in [0, 0.1) is 26.6 Å². The second-order valence-electron chi connectivity index (χ2n) is 7.36. The number of amides is 1. The molecule has 1 aromatic heterocycles. The van der Waals surface area contributed by atoms with Crippen molar-refractivity contribution in [2.45, 2.75) is 20.8 Å². The summed E-state index contributed by atoms with van der Waals surface area (Å²) in [4.78, 5) is 17.3. The highest BCUT2D eigenvalue weighted by Crippen LogP contribution is 2.24. The van der Waals surface area contributed by atoms with E-state index in [1.807, 2.05) is 45.0 Å². The van der Waals surface area contributed by atoms with Gasteiger partial charge >= 0.3 is 0 Å². The zero-order valence-corrected chi connectivity index (χ0v) is 18.0. The van der Waals surface area contributed by atoms with Gasteiger partial charge in [-0.2, -0.15) is 0 Å². The van der Waals surface area contributed by atoms with Crippen LogP contribution in [0.25, 0.3) is 17.1 Å². The summed E-state index contributed by atoms with van der Waals surface area (Å²) in [6.07, 6.45) is 0. The summed E-state index contributed by atoms with van der Waals surface area (Å²) in [6, 6.07) is 17.0. The van der Waals surface area contributed by atoms with Gasteiger partial charge < -0.3 is 5.32 Å². The number of nitrogens with one attached hydrogen (secondary N) is 1. The van der Waals surface area contributed by atoms with Crippen LogP contribution in [0.15, 0.2) is 60.7 Å². The van der Waals surface area contributed by atoms with Crippen molar-refractivity contribution in [3.63, 3.8) is 0 Å². The van der Waals surface area contributed by atoms with Gasteiger partial charge in [0.25, 0.3) is 5.91 Å². The third-order valence-electron chi connectivity index (χ3n) is 5.08. The van der Waals surface area contributed by atoms with E-state index in [9.17, 15) is 9.18 Å². The second kappa shape index (κ2) is 8.32. The van der Waals surface area contributed by atoms with Gasteiger partial charge in [0, 0.05) is 16.3 Å². The van der Waals surface area contributed by atoms with Gasteiger partial charge in [-0.15, -0.1) is 5.10 Å². The van der Waals surface area contributed by atoms with Gasteiger partial charge in [0.1, 0.15) is 5.82 Å². The number of aromatic nitrogens is 3. The number of halogens is 2. The van der Waals surface area contributed by atoms with Crippen molar-refractivity contribution in [2.24, 2.45) is 0 Å². The molecule has 7 heteroatoms. The molecule has 1 N–H and O–H groups in total. The normalized spacial score (nSPS) is 10.9. The highest BCUT2D eigenvalue weighted by atomic mass is 35.5. The summed E-state index contributed by atoms with van der Waals surface area (Å²) in [5.41, 5.74) is 5.08. The maximum absolute atomic E-state index is 13.4. The van der Waals surface area contributed by atoms with Crippen LogP contribution >= 0.6 is 11.6 Å². The highest BCUT2D eigenvalue weighted by Gasteiger charge is 2.19. The van der Waals surface area contributed by atoms with Gasteiger partial charge in [0.15, 0.2) is 5.82 Å². The molecule has 156 valence electrons. The molecule has 0 saturated carbocycles. The summed E-state index contributed by atoms with van der Waals surface area (Å²) >= 11 is 6.16. The third kappa shape index (κ3) is 4.34. The van der Waals surface area contributed by atoms with E-state index in [1.165, 1.54) is 12.1 Å². The van der Waals surface area contributed by atoms with Crippen LogP contribution in [0.4, 0.5) is 10.1 Å². The number of carbonyl (C=O) groups excluding carboxylic acids is 1. The van der Waals surface area contributed by atoms with E-state index in [2.05, 4.69) is 15.4 Å². The molecule has 0 bridgehead atoms. The number of aryl methyl sites for hydroxylation is 3. The first kappa shape index (κ1) is 20.8. The maximum atomic E-state index is 13.4. The second-order valence-corrected chi connectivity index (χ2v) is 7.77. The average Bonchev–Trinajstić information content (AvgIpc) is 3.19. The number of hydrogen-bond donors (Lipinski definition) is 1. The molecular weight excluding hydrogens is 415 g/mol. The lowest BCUT2D eigenvalue weighted by Gasteiger charge is -2.08. The van der Waals surface area contributed by atoms with Crippen molar-refractivity contribution in [3.8, 4) is 17.1 Å². The number of benzene rings is 3. The molecule has 4 aromatic rings. The van der Waals surface area contributed by atoms with Crippen LogP contribution in [-0.2, 0) is 0 Å². The predicted octanol–water partition coefficient (Wildman–Crippen LogP) is 5.90. The zero-order chi connectivity index (χ0) is 22.1. The minimum Gasteiger partial charge on any atom is -0.319 e. The Hall–Kier alpha value is -3.51. The molecule has 0 unspecified atom stereocenters. The minimum atomic E-state index is -0.467. The van der Waals surface area contributed by atoms with Gasteiger partial charge in [-0.25, -0.2) is 14.1 Å². The molecule has 3 aromatic carbocycles. The topological polar surface area (TPSA) is 59.8 Å². The fraction of sp³-hybridized carbons (Fsp3) is 0.125. The summed E-state index contributed by atoms with van der Waals surface area (Å²) < 4.78 is 15.0. The Morgan fingerprint density at radius 3 is 2.32 bits per heavy atom. The Kier molecular flexibility index (Phi) is 5.57. The molecule has 0 spiro atoms. The summed E-state index contributed by atoms with van der Waals surface area (Å²) in [5.74, 6) is -0.384. The van der Waals surface area contributed by atoms with E-state index >= 15 is 0 Å². The van der Waals surface area contributed by atoms with Crippen LogP contribution in [0.1, 0.15) is 27.3 Å². The standard InChI is InChI=1S/C24H20ClFN4O/c1-14-5-11-20(12-16(14)3)30-23(17-6-8-18(26)9-7-17)28-22(29-30)24(31)27-19-10-4-15(2)21(25)13-19/h4-13H,1-3H3,(H,27,31). The van der Waals surface area contributed by atoms with E-state index in [0.29, 0.717) is 22.1 Å². The molecule has 0 aliphatic rings. The van der Waals surface area contributed by atoms with Crippen LogP contribution in [-0.4, -0.2) is 20.7 Å². The third-order valence-corrected chi connectivity index (χ3v) is 5.48. The van der Waals surface area contributed by atoms with Crippen molar-refractivity contribution in [3.05, 3.63) is 94.0 Å². The molecule has 0 radical (unpaired) electrons. The van der Waals surface area contributed by atoms with Gasteiger partial charge in [-0.3, -0.25) is 4.79 Å². The maximum Gasteiger partial charge on any atom is 0.295 e. The van der Waals surface area contributed by atoms with Crippen molar-refractivity contribution < 1.29 is 9.18 Å². The summed E-state index contributed by atoms with van der Waals surface area (Å²) in [6.45, 7) is 5.91. The predicted molar refractivity (Wildman–Crippen MR) is 120 cm³/mol. The number of hydrogen-bond acceptors (Lipinski definition) is 3. The van der Waals surface area contributed by atoms with Crippen molar-refractivity contribution >= 4 is 23.2 Å². The summed E-state index contributed by atoms with van der Waals surface area (Å²) in [5, 5.41) is 7.78. The molecule has 0 atom stereocenters. The Balaban J connectivity index is 1.76. The van der Waals surface area contributed by atoms with Gasteiger partial charge in [-0.1, -0.05) is 23.7 Å². The smallest absolute Gasteiger partial charge is 0.295 e. The van der Waals surface area contributed by atoms with Crippen LogP contribution in [0.2, 0.25) is 5.02 Å². The zero-order valence-electron chi connectivity index (χ0n) is 17.3. The molecule has 1 amide bonds. The van der Waals surface area contributed by atoms with Crippen LogP contribution < -0.4 is 5.32 Å². The first-order chi connectivity index (χ1) is 14.8. The number of carbonyl (C=O) groups is 1. The average molecular weight is 435 g/mol. The van der Waals surface area contributed by atoms with E-state index in [4.69, 9.17) is 11.6 Å². The summed E-state index contributed by atoms with van der Waals surface area (Å²) in [7, 11) is 0. The first-order valence-corrected chi connectivity index (χ1v) is 10.1. The molecule has 1 heterocycles. The molecule has 5 nitrogen and oxygen atoms in total. The highest BCUT2D eigenvalue weighted by molar-refractivity contribution is 6.31. The van der Waals surface area contributed by atoms with Crippen molar-refractivity contribution in [1.29, 1.82) is 0 Å². The molecule has 0 aliphatic carbocycles. The Morgan fingerprint density at radius 1 is 0.935 bits per heavy atom. The Bertz CT molecular complexity index is 1280. The lowest BCUT2D eigenvalue weighted by Crippen LogP contribution is -2.14. The lowest BCUT2D eigenvalue weighted by molar-refractivity contribution is 0.101. The van der Waals surface area contributed by atoms with Crippen molar-refractivity contribution in [1.82, 2.24) is 14.8 Å². The van der Waals surface area contributed by atoms with Crippen LogP contribution in [0.3, 0.4) is 0 Å². The molecular formula is C24H20ClFN4O. The van der Waals surface area contributed by atoms with Gasteiger partial charge in [0.05, 0.1) is 5.69 Å². The lowest BCUT2D eigenvalue weighted by atomic mass is 10.1. The minimum absolute atomic E-state index is 0.00532. The SMILES string of the molecule is Cc1ccc(-n2nc(C(=O)Nc3ccc(C)c(Cl)c3)nc2-c2ccc(F)cc2)cc1C. The van der Waals surface area contributed by atoms with E-state index < -0.39 is 5.91 Å².